The van der Waals surface area contributed by atoms with Crippen molar-refractivity contribution in [3.05, 3.63) is 33.8 Å². The average Bonchev–Trinajstić information content (AvgIpc) is 2.34. The molecule has 4 heteroatoms. The summed E-state index contributed by atoms with van der Waals surface area (Å²) in [6, 6.07) is 7.08. The van der Waals surface area contributed by atoms with Crippen molar-refractivity contribution in [1.29, 1.82) is 0 Å². The Hall–Kier alpha value is -0.280. The van der Waals surface area contributed by atoms with E-state index in [-0.39, 0.29) is 0 Å². The summed E-state index contributed by atoms with van der Waals surface area (Å²) >= 11 is 12.0. The van der Waals surface area contributed by atoms with Gasteiger partial charge in [-0.1, -0.05) is 36.2 Å². The lowest BCUT2D eigenvalue weighted by molar-refractivity contribution is 0.124. The summed E-state index contributed by atoms with van der Waals surface area (Å²) < 4.78 is 0. The third-order valence-corrected chi connectivity index (χ3v) is 4.31. The molecule has 0 bridgehead atoms. The van der Waals surface area contributed by atoms with E-state index in [1.165, 1.54) is 12.0 Å². The Bertz CT molecular complexity index is 409. The van der Waals surface area contributed by atoms with E-state index in [9.17, 15) is 0 Å². The van der Waals surface area contributed by atoms with Crippen molar-refractivity contribution in [2.75, 3.05) is 13.1 Å². The van der Waals surface area contributed by atoms with Gasteiger partial charge in [0.2, 0.25) is 0 Å². The molecule has 0 saturated carbocycles. The van der Waals surface area contributed by atoms with Crippen LogP contribution >= 0.6 is 23.2 Å². The van der Waals surface area contributed by atoms with Gasteiger partial charge in [-0.3, -0.25) is 4.90 Å². The molecule has 1 aliphatic heterocycles. The SMILES string of the molecule is CCC1CNC(C)CN1Cc1ccc(Cl)c(Cl)c1. The summed E-state index contributed by atoms with van der Waals surface area (Å²) in [6.45, 7) is 7.57. The number of piperazine rings is 1. The molecule has 1 aliphatic rings. The largest absolute Gasteiger partial charge is 0.311 e. The van der Waals surface area contributed by atoms with Gasteiger partial charge in [-0.2, -0.15) is 0 Å². The van der Waals surface area contributed by atoms with Crippen LogP contribution in [0.15, 0.2) is 18.2 Å². The minimum absolute atomic E-state index is 0.551. The molecule has 18 heavy (non-hydrogen) atoms. The second-order valence-corrected chi connectivity index (χ2v) is 5.86. The highest BCUT2D eigenvalue weighted by Gasteiger charge is 2.24. The molecule has 1 aromatic rings. The molecule has 1 N–H and O–H groups in total. The van der Waals surface area contributed by atoms with Gasteiger partial charge in [-0.05, 0) is 31.0 Å². The lowest BCUT2D eigenvalue weighted by atomic mass is 10.1. The van der Waals surface area contributed by atoms with Crippen molar-refractivity contribution in [2.24, 2.45) is 0 Å². The lowest BCUT2D eigenvalue weighted by Gasteiger charge is -2.39. The molecule has 1 fully saturated rings. The molecular formula is C14H20Cl2N2. The van der Waals surface area contributed by atoms with Crippen molar-refractivity contribution < 1.29 is 0 Å². The maximum Gasteiger partial charge on any atom is 0.0595 e. The Morgan fingerprint density at radius 1 is 1.33 bits per heavy atom. The van der Waals surface area contributed by atoms with E-state index in [0.29, 0.717) is 22.1 Å². The monoisotopic (exact) mass is 286 g/mol. The number of benzene rings is 1. The first-order valence-electron chi connectivity index (χ1n) is 6.51. The molecule has 100 valence electrons. The first-order valence-corrected chi connectivity index (χ1v) is 7.27. The number of halogens is 2. The van der Waals surface area contributed by atoms with Crippen LogP contribution in [0.3, 0.4) is 0 Å². The Morgan fingerprint density at radius 2 is 2.11 bits per heavy atom. The van der Waals surface area contributed by atoms with Crippen LogP contribution in [0.5, 0.6) is 0 Å². The minimum atomic E-state index is 0.551. The Kier molecular flexibility index (Phi) is 4.91. The third kappa shape index (κ3) is 3.39. The molecule has 0 amide bonds. The van der Waals surface area contributed by atoms with Crippen LogP contribution in [0.4, 0.5) is 0 Å². The Morgan fingerprint density at radius 3 is 2.78 bits per heavy atom. The predicted octanol–water partition coefficient (Wildman–Crippen LogP) is 3.57. The van der Waals surface area contributed by atoms with Crippen LogP contribution in [-0.2, 0) is 6.54 Å². The minimum Gasteiger partial charge on any atom is -0.311 e. The molecule has 0 aliphatic carbocycles. The second-order valence-electron chi connectivity index (χ2n) is 5.05. The van der Waals surface area contributed by atoms with E-state index in [0.717, 1.165) is 19.6 Å². The van der Waals surface area contributed by atoms with Gasteiger partial charge >= 0.3 is 0 Å². The summed E-state index contributed by atoms with van der Waals surface area (Å²) in [4.78, 5) is 2.53. The quantitative estimate of drug-likeness (QED) is 0.914. The smallest absolute Gasteiger partial charge is 0.0595 e. The van der Waals surface area contributed by atoms with Crippen molar-refractivity contribution in [1.82, 2.24) is 10.2 Å². The van der Waals surface area contributed by atoms with Gasteiger partial charge in [-0.15, -0.1) is 0 Å². The number of nitrogens with one attached hydrogen (secondary N) is 1. The topological polar surface area (TPSA) is 15.3 Å². The summed E-state index contributed by atoms with van der Waals surface area (Å²) in [5.74, 6) is 0. The number of hydrogen-bond acceptors (Lipinski definition) is 2. The fourth-order valence-electron chi connectivity index (χ4n) is 2.50. The molecular weight excluding hydrogens is 267 g/mol. The Labute approximate surface area is 119 Å². The summed E-state index contributed by atoms with van der Waals surface area (Å²) in [7, 11) is 0. The molecule has 2 atom stereocenters. The molecule has 1 saturated heterocycles. The molecule has 2 unspecified atom stereocenters. The van der Waals surface area contributed by atoms with Crippen molar-refractivity contribution >= 4 is 23.2 Å². The van der Waals surface area contributed by atoms with E-state index in [1.54, 1.807) is 0 Å². The van der Waals surface area contributed by atoms with Crippen LogP contribution < -0.4 is 5.32 Å². The van der Waals surface area contributed by atoms with Gasteiger partial charge < -0.3 is 5.32 Å². The van der Waals surface area contributed by atoms with Crippen LogP contribution in [0.1, 0.15) is 25.8 Å². The maximum atomic E-state index is 6.07. The summed E-state index contributed by atoms with van der Waals surface area (Å²) in [6.07, 6.45) is 1.17. The molecule has 0 aromatic heterocycles. The van der Waals surface area contributed by atoms with Gasteiger partial charge in [-0.25, -0.2) is 0 Å². The van der Waals surface area contributed by atoms with E-state index < -0.39 is 0 Å². The molecule has 0 spiro atoms. The predicted molar refractivity (Wildman–Crippen MR) is 78.4 cm³/mol. The van der Waals surface area contributed by atoms with E-state index in [1.807, 2.05) is 12.1 Å². The Balaban J connectivity index is 2.08. The maximum absolute atomic E-state index is 6.07. The standard InChI is InChI=1S/C14H20Cl2N2/c1-3-12-7-17-10(2)8-18(12)9-11-4-5-13(15)14(16)6-11/h4-6,10,12,17H,3,7-9H2,1-2H3. The van der Waals surface area contributed by atoms with Crippen LogP contribution in [-0.4, -0.2) is 30.1 Å². The lowest BCUT2D eigenvalue weighted by Crippen LogP contribution is -2.54. The highest BCUT2D eigenvalue weighted by Crippen LogP contribution is 2.24. The van der Waals surface area contributed by atoms with E-state index in [4.69, 9.17) is 23.2 Å². The summed E-state index contributed by atoms with van der Waals surface area (Å²) in [5.41, 5.74) is 1.23. The van der Waals surface area contributed by atoms with Crippen molar-refractivity contribution in [2.45, 2.75) is 38.9 Å². The van der Waals surface area contributed by atoms with Gasteiger partial charge in [0.05, 0.1) is 10.0 Å². The zero-order chi connectivity index (χ0) is 13.1. The van der Waals surface area contributed by atoms with Gasteiger partial charge in [0.15, 0.2) is 0 Å². The van der Waals surface area contributed by atoms with E-state index >= 15 is 0 Å². The van der Waals surface area contributed by atoms with Gasteiger partial charge in [0, 0.05) is 31.7 Å². The third-order valence-electron chi connectivity index (χ3n) is 3.57. The first-order chi connectivity index (χ1) is 8.60. The molecule has 2 nitrogen and oxygen atoms in total. The molecule has 1 aromatic carbocycles. The van der Waals surface area contributed by atoms with E-state index in [2.05, 4.69) is 30.1 Å². The second kappa shape index (κ2) is 6.25. The van der Waals surface area contributed by atoms with Gasteiger partial charge in [0.25, 0.3) is 0 Å². The number of nitrogens with zero attached hydrogens (tertiary/aromatic N) is 1. The molecule has 1 heterocycles. The normalized spacial score (nSPS) is 25.3. The number of rotatable bonds is 3. The first kappa shape index (κ1) is 14.1. The zero-order valence-corrected chi connectivity index (χ0v) is 12.4. The molecule has 2 rings (SSSR count). The van der Waals surface area contributed by atoms with Crippen molar-refractivity contribution in [3.8, 4) is 0 Å². The van der Waals surface area contributed by atoms with Crippen LogP contribution in [0, 0.1) is 0 Å². The molecule has 0 radical (unpaired) electrons. The van der Waals surface area contributed by atoms with Crippen LogP contribution in [0.2, 0.25) is 10.0 Å². The van der Waals surface area contributed by atoms with Gasteiger partial charge in [0.1, 0.15) is 0 Å². The average molecular weight is 287 g/mol. The van der Waals surface area contributed by atoms with Crippen molar-refractivity contribution in [3.63, 3.8) is 0 Å². The fraction of sp³-hybridized carbons (Fsp3) is 0.571. The highest BCUT2D eigenvalue weighted by molar-refractivity contribution is 6.42. The summed E-state index contributed by atoms with van der Waals surface area (Å²) in [5, 5.41) is 4.80. The van der Waals surface area contributed by atoms with Crippen LogP contribution in [0.25, 0.3) is 0 Å². The highest BCUT2D eigenvalue weighted by atomic mass is 35.5. The zero-order valence-electron chi connectivity index (χ0n) is 10.9. The fourth-order valence-corrected chi connectivity index (χ4v) is 2.82. The number of hydrogen-bond donors (Lipinski definition) is 1.